The largest absolute Gasteiger partial charge is 0.348 e. The molecule has 0 aliphatic carbocycles. The van der Waals surface area contributed by atoms with Crippen LogP contribution in [0.3, 0.4) is 0 Å². The van der Waals surface area contributed by atoms with Crippen LogP contribution in [-0.2, 0) is 9.59 Å². The Morgan fingerprint density at radius 2 is 1.75 bits per heavy atom. The zero-order valence-corrected chi connectivity index (χ0v) is 15.0. The number of carbonyl (C=O) groups is 2. The van der Waals surface area contributed by atoms with E-state index >= 15 is 0 Å². The van der Waals surface area contributed by atoms with E-state index in [-0.39, 0.29) is 23.9 Å². The Morgan fingerprint density at radius 1 is 1.12 bits per heavy atom. The lowest BCUT2D eigenvalue weighted by Gasteiger charge is -2.37. The fourth-order valence-electron chi connectivity index (χ4n) is 3.18. The maximum absolute atomic E-state index is 12.7. The molecule has 24 heavy (non-hydrogen) atoms. The Hall–Kier alpha value is -1.88. The molecule has 132 valence electrons. The van der Waals surface area contributed by atoms with Crippen molar-refractivity contribution in [2.24, 2.45) is 0 Å². The maximum atomic E-state index is 12.7. The topological polar surface area (TPSA) is 52.7 Å². The SMILES string of the molecule is CCC[C@@H](NC(=O)[C@@H](C)N1CCN(C(C)=O)CC1)c1ccccc1. The zero-order chi connectivity index (χ0) is 17.5. The summed E-state index contributed by atoms with van der Waals surface area (Å²) in [5.74, 6) is 0.174. The van der Waals surface area contributed by atoms with Crippen LogP contribution < -0.4 is 5.32 Å². The van der Waals surface area contributed by atoms with Crippen LogP contribution in [0.5, 0.6) is 0 Å². The van der Waals surface area contributed by atoms with Gasteiger partial charge in [-0.05, 0) is 18.9 Å². The average molecular weight is 331 g/mol. The van der Waals surface area contributed by atoms with E-state index in [2.05, 4.69) is 29.3 Å². The minimum Gasteiger partial charge on any atom is -0.348 e. The van der Waals surface area contributed by atoms with E-state index in [1.807, 2.05) is 30.0 Å². The summed E-state index contributed by atoms with van der Waals surface area (Å²) >= 11 is 0. The lowest BCUT2D eigenvalue weighted by molar-refractivity contribution is -0.132. The molecule has 2 rings (SSSR count). The van der Waals surface area contributed by atoms with Crippen molar-refractivity contribution in [2.45, 2.75) is 45.7 Å². The molecule has 0 spiro atoms. The molecule has 1 aliphatic rings. The molecule has 0 bridgehead atoms. The fraction of sp³-hybridized carbons (Fsp3) is 0.579. The Kier molecular flexibility index (Phi) is 6.79. The molecule has 1 aromatic carbocycles. The van der Waals surface area contributed by atoms with Crippen molar-refractivity contribution >= 4 is 11.8 Å². The van der Waals surface area contributed by atoms with Crippen LogP contribution in [0.4, 0.5) is 0 Å². The molecule has 0 saturated carbocycles. The normalized spacial score (nSPS) is 18.0. The van der Waals surface area contributed by atoms with Crippen LogP contribution >= 0.6 is 0 Å². The number of piperazine rings is 1. The number of nitrogens with one attached hydrogen (secondary N) is 1. The Balaban J connectivity index is 1.93. The molecule has 1 heterocycles. The molecule has 5 heteroatoms. The molecule has 1 fully saturated rings. The predicted molar refractivity (Wildman–Crippen MR) is 95.5 cm³/mol. The summed E-state index contributed by atoms with van der Waals surface area (Å²) < 4.78 is 0. The molecule has 1 aliphatic heterocycles. The van der Waals surface area contributed by atoms with E-state index in [9.17, 15) is 9.59 Å². The van der Waals surface area contributed by atoms with E-state index in [4.69, 9.17) is 0 Å². The lowest BCUT2D eigenvalue weighted by atomic mass is 10.0. The quantitative estimate of drug-likeness (QED) is 0.869. The van der Waals surface area contributed by atoms with Gasteiger partial charge in [0, 0.05) is 33.1 Å². The summed E-state index contributed by atoms with van der Waals surface area (Å²) in [6.07, 6.45) is 1.95. The summed E-state index contributed by atoms with van der Waals surface area (Å²) in [5.41, 5.74) is 1.15. The first-order valence-electron chi connectivity index (χ1n) is 8.87. The Morgan fingerprint density at radius 3 is 2.29 bits per heavy atom. The van der Waals surface area contributed by atoms with Gasteiger partial charge in [-0.3, -0.25) is 14.5 Å². The number of benzene rings is 1. The van der Waals surface area contributed by atoms with Crippen molar-refractivity contribution in [1.29, 1.82) is 0 Å². The molecule has 2 amide bonds. The van der Waals surface area contributed by atoms with Gasteiger partial charge in [-0.2, -0.15) is 0 Å². The minimum atomic E-state index is -0.179. The zero-order valence-electron chi connectivity index (χ0n) is 15.0. The number of hydrogen-bond acceptors (Lipinski definition) is 3. The van der Waals surface area contributed by atoms with Crippen molar-refractivity contribution in [3.63, 3.8) is 0 Å². The molecular formula is C19H29N3O2. The standard InChI is InChI=1S/C19H29N3O2/c1-4-8-18(17-9-6-5-7-10-17)20-19(24)15(2)21-11-13-22(14-12-21)16(3)23/h5-7,9-10,15,18H,4,8,11-14H2,1-3H3,(H,20,24)/t15-,18-/m1/s1. The summed E-state index contributed by atoms with van der Waals surface area (Å²) in [7, 11) is 0. The second kappa shape index (κ2) is 8.83. The van der Waals surface area contributed by atoms with Gasteiger partial charge in [0.15, 0.2) is 0 Å². The fourth-order valence-corrected chi connectivity index (χ4v) is 3.18. The molecule has 2 atom stereocenters. The van der Waals surface area contributed by atoms with Crippen LogP contribution in [0.1, 0.15) is 45.2 Å². The predicted octanol–water partition coefficient (Wildman–Crippen LogP) is 2.20. The van der Waals surface area contributed by atoms with Crippen LogP contribution in [0.25, 0.3) is 0 Å². The smallest absolute Gasteiger partial charge is 0.237 e. The van der Waals surface area contributed by atoms with Crippen molar-refractivity contribution < 1.29 is 9.59 Å². The van der Waals surface area contributed by atoms with Crippen molar-refractivity contribution in [2.75, 3.05) is 26.2 Å². The third-order valence-corrected chi connectivity index (χ3v) is 4.78. The van der Waals surface area contributed by atoms with Gasteiger partial charge in [0.05, 0.1) is 12.1 Å². The number of hydrogen-bond donors (Lipinski definition) is 1. The number of carbonyl (C=O) groups excluding carboxylic acids is 2. The van der Waals surface area contributed by atoms with Crippen LogP contribution in [0.2, 0.25) is 0 Å². The third-order valence-electron chi connectivity index (χ3n) is 4.78. The molecule has 1 saturated heterocycles. The first-order valence-corrected chi connectivity index (χ1v) is 8.87. The van der Waals surface area contributed by atoms with Crippen molar-refractivity contribution in [3.05, 3.63) is 35.9 Å². The van der Waals surface area contributed by atoms with Gasteiger partial charge in [0.1, 0.15) is 0 Å². The van der Waals surface area contributed by atoms with E-state index < -0.39 is 0 Å². The van der Waals surface area contributed by atoms with Gasteiger partial charge in [0.2, 0.25) is 11.8 Å². The monoisotopic (exact) mass is 331 g/mol. The molecule has 1 N–H and O–H groups in total. The number of amides is 2. The molecular weight excluding hydrogens is 302 g/mol. The summed E-state index contributed by atoms with van der Waals surface area (Å²) in [4.78, 5) is 28.1. The van der Waals surface area contributed by atoms with Crippen molar-refractivity contribution in [1.82, 2.24) is 15.1 Å². The number of nitrogens with zero attached hydrogens (tertiary/aromatic N) is 2. The van der Waals surface area contributed by atoms with Gasteiger partial charge in [0.25, 0.3) is 0 Å². The summed E-state index contributed by atoms with van der Waals surface area (Å²) in [6, 6.07) is 10.0. The highest BCUT2D eigenvalue weighted by molar-refractivity contribution is 5.81. The van der Waals surface area contributed by atoms with Gasteiger partial charge >= 0.3 is 0 Å². The maximum Gasteiger partial charge on any atom is 0.237 e. The highest BCUT2D eigenvalue weighted by Gasteiger charge is 2.27. The van der Waals surface area contributed by atoms with Crippen molar-refractivity contribution in [3.8, 4) is 0 Å². The average Bonchev–Trinajstić information content (AvgIpc) is 2.61. The Labute approximate surface area is 145 Å². The molecule has 0 radical (unpaired) electrons. The number of rotatable bonds is 6. The van der Waals surface area contributed by atoms with Crippen LogP contribution in [-0.4, -0.2) is 53.8 Å². The first kappa shape index (κ1) is 18.5. The third kappa shape index (κ3) is 4.81. The lowest BCUT2D eigenvalue weighted by Crippen LogP contribution is -2.54. The molecule has 1 aromatic rings. The molecule has 5 nitrogen and oxygen atoms in total. The van der Waals surface area contributed by atoms with E-state index in [0.29, 0.717) is 13.1 Å². The minimum absolute atomic E-state index is 0.0599. The van der Waals surface area contributed by atoms with Gasteiger partial charge in [-0.25, -0.2) is 0 Å². The highest BCUT2D eigenvalue weighted by Crippen LogP contribution is 2.19. The van der Waals surface area contributed by atoms with E-state index in [1.54, 1.807) is 6.92 Å². The van der Waals surface area contributed by atoms with E-state index in [0.717, 1.165) is 31.5 Å². The highest BCUT2D eigenvalue weighted by atomic mass is 16.2. The van der Waals surface area contributed by atoms with E-state index in [1.165, 1.54) is 0 Å². The summed E-state index contributed by atoms with van der Waals surface area (Å²) in [6.45, 7) is 8.57. The second-order valence-electron chi connectivity index (χ2n) is 6.48. The molecule has 0 unspecified atom stereocenters. The van der Waals surface area contributed by atoms with Crippen LogP contribution in [0, 0.1) is 0 Å². The molecule has 0 aromatic heterocycles. The van der Waals surface area contributed by atoms with Gasteiger partial charge < -0.3 is 10.2 Å². The van der Waals surface area contributed by atoms with Gasteiger partial charge in [-0.1, -0.05) is 43.7 Å². The van der Waals surface area contributed by atoms with Gasteiger partial charge in [-0.15, -0.1) is 0 Å². The van der Waals surface area contributed by atoms with Crippen LogP contribution in [0.15, 0.2) is 30.3 Å². The second-order valence-corrected chi connectivity index (χ2v) is 6.48. The first-order chi connectivity index (χ1) is 11.5. The summed E-state index contributed by atoms with van der Waals surface area (Å²) in [5, 5.41) is 3.20. The Bertz CT molecular complexity index is 539.